The number of carboxylic acid groups (broad SMARTS) is 1. The van der Waals surface area contributed by atoms with Gasteiger partial charge in [0, 0.05) is 32.6 Å². The Labute approximate surface area is 125 Å². The van der Waals surface area contributed by atoms with E-state index >= 15 is 0 Å². The number of nitrogens with one attached hydrogen (secondary N) is 2. The molecule has 0 saturated carbocycles. The third-order valence-electron chi connectivity index (χ3n) is 3.70. The average Bonchev–Trinajstić information content (AvgIpc) is 2.44. The van der Waals surface area contributed by atoms with Crippen LogP contribution in [0.15, 0.2) is 0 Å². The summed E-state index contributed by atoms with van der Waals surface area (Å²) in [7, 11) is 0. The number of hydrogen-bond donors (Lipinski definition) is 3. The number of carbonyl (C=O) groups is 3. The molecular weight excluding hydrogens is 274 g/mol. The molecule has 7 nitrogen and oxygen atoms in total. The summed E-state index contributed by atoms with van der Waals surface area (Å²) < 4.78 is 0. The highest BCUT2D eigenvalue weighted by molar-refractivity contribution is 5.79. The van der Waals surface area contributed by atoms with E-state index in [1.807, 2.05) is 6.92 Å². The molecule has 1 aliphatic rings. The fourth-order valence-electron chi connectivity index (χ4n) is 2.33. The maximum atomic E-state index is 12.0. The zero-order chi connectivity index (χ0) is 15.9. The van der Waals surface area contributed by atoms with E-state index in [-0.39, 0.29) is 31.4 Å². The Hall–Kier alpha value is -1.79. The molecule has 0 spiro atoms. The van der Waals surface area contributed by atoms with Crippen molar-refractivity contribution in [2.24, 2.45) is 5.41 Å². The van der Waals surface area contributed by atoms with Gasteiger partial charge in [-0.2, -0.15) is 0 Å². The van der Waals surface area contributed by atoms with E-state index in [4.69, 9.17) is 0 Å². The van der Waals surface area contributed by atoms with Crippen molar-refractivity contribution in [1.82, 2.24) is 15.5 Å². The molecule has 0 aromatic rings. The van der Waals surface area contributed by atoms with E-state index < -0.39 is 11.4 Å². The maximum absolute atomic E-state index is 12.0. The standard InChI is InChI=1S/C14H25N3O4/c1-3-7-15-11(18)5-8-16-13(21)17-9-4-6-14(2,10-17)12(19)20/h3-10H2,1-2H3,(H,15,18)(H,16,21)(H,19,20). The van der Waals surface area contributed by atoms with Crippen LogP contribution in [0.4, 0.5) is 4.79 Å². The van der Waals surface area contributed by atoms with Crippen molar-refractivity contribution in [2.75, 3.05) is 26.2 Å². The molecule has 0 aromatic carbocycles. The molecule has 120 valence electrons. The molecule has 7 heteroatoms. The van der Waals surface area contributed by atoms with Gasteiger partial charge < -0.3 is 20.6 Å². The molecule has 1 heterocycles. The first-order valence-corrected chi connectivity index (χ1v) is 7.42. The summed E-state index contributed by atoms with van der Waals surface area (Å²) in [6.45, 7) is 5.28. The quantitative estimate of drug-likeness (QED) is 0.675. The first-order valence-electron chi connectivity index (χ1n) is 7.42. The van der Waals surface area contributed by atoms with Crippen LogP contribution in [0.1, 0.15) is 39.5 Å². The number of hydrogen-bond acceptors (Lipinski definition) is 3. The predicted octanol–water partition coefficient (Wildman–Crippen LogP) is 0.799. The number of carboxylic acids is 1. The molecule has 0 aromatic heterocycles. The summed E-state index contributed by atoms with van der Waals surface area (Å²) >= 11 is 0. The van der Waals surface area contributed by atoms with Gasteiger partial charge in [-0.15, -0.1) is 0 Å². The van der Waals surface area contributed by atoms with E-state index in [0.29, 0.717) is 25.9 Å². The van der Waals surface area contributed by atoms with Gasteiger partial charge in [0.15, 0.2) is 0 Å². The van der Waals surface area contributed by atoms with Crippen LogP contribution in [0.25, 0.3) is 0 Å². The summed E-state index contributed by atoms with van der Waals surface area (Å²) in [4.78, 5) is 36.1. The van der Waals surface area contributed by atoms with Crippen LogP contribution in [0, 0.1) is 5.41 Å². The van der Waals surface area contributed by atoms with Crippen LogP contribution in [0.5, 0.6) is 0 Å². The van der Waals surface area contributed by atoms with E-state index in [0.717, 1.165) is 6.42 Å². The predicted molar refractivity (Wildman–Crippen MR) is 77.9 cm³/mol. The lowest BCUT2D eigenvalue weighted by Gasteiger charge is -2.37. The second kappa shape index (κ2) is 7.85. The number of urea groups is 1. The van der Waals surface area contributed by atoms with Crippen LogP contribution in [-0.2, 0) is 9.59 Å². The van der Waals surface area contributed by atoms with E-state index in [1.54, 1.807) is 6.92 Å². The van der Waals surface area contributed by atoms with Crippen LogP contribution in [0.2, 0.25) is 0 Å². The average molecular weight is 299 g/mol. The minimum Gasteiger partial charge on any atom is -0.481 e. The van der Waals surface area contributed by atoms with Crippen LogP contribution < -0.4 is 10.6 Å². The Morgan fingerprint density at radius 2 is 1.95 bits per heavy atom. The van der Waals surface area contributed by atoms with Crippen LogP contribution in [0.3, 0.4) is 0 Å². The Kier molecular flexibility index (Phi) is 6.45. The monoisotopic (exact) mass is 299 g/mol. The van der Waals surface area contributed by atoms with Gasteiger partial charge in [-0.05, 0) is 26.2 Å². The van der Waals surface area contributed by atoms with Crippen molar-refractivity contribution in [1.29, 1.82) is 0 Å². The zero-order valence-electron chi connectivity index (χ0n) is 12.8. The Morgan fingerprint density at radius 1 is 1.24 bits per heavy atom. The van der Waals surface area contributed by atoms with Crippen molar-refractivity contribution < 1.29 is 19.5 Å². The van der Waals surface area contributed by atoms with Crippen LogP contribution >= 0.6 is 0 Å². The summed E-state index contributed by atoms with van der Waals surface area (Å²) in [6.07, 6.45) is 2.36. The van der Waals surface area contributed by atoms with Gasteiger partial charge in [0.05, 0.1) is 5.41 Å². The molecule has 1 aliphatic heterocycles. The number of rotatable bonds is 6. The lowest BCUT2D eigenvalue weighted by molar-refractivity contribution is -0.150. The molecule has 1 saturated heterocycles. The fourth-order valence-corrected chi connectivity index (χ4v) is 2.33. The van der Waals surface area contributed by atoms with Gasteiger partial charge in [-0.3, -0.25) is 9.59 Å². The lowest BCUT2D eigenvalue weighted by Crippen LogP contribution is -2.51. The molecule has 1 atom stereocenters. The van der Waals surface area contributed by atoms with Gasteiger partial charge in [0.1, 0.15) is 0 Å². The molecule has 3 amide bonds. The van der Waals surface area contributed by atoms with Gasteiger partial charge in [-0.25, -0.2) is 4.79 Å². The van der Waals surface area contributed by atoms with Gasteiger partial charge in [-0.1, -0.05) is 6.92 Å². The fraction of sp³-hybridized carbons (Fsp3) is 0.786. The topological polar surface area (TPSA) is 98.7 Å². The van der Waals surface area contributed by atoms with Gasteiger partial charge in [0.2, 0.25) is 5.91 Å². The number of amides is 3. The van der Waals surface area contributed by atoms with Gasteiger partial charge >= 0.3 is 12.0 Å². The molecule has 1 rings (SSSR count). The number of nitrogens with zero attached hydrogens (tertiary/aromatic N) is 1. The third kappa shape index (κ3) is 5.24. The summed E-state index contributed by atoms with van der Waals surface area (Å²) in [6, 6.07) is -0.300. The van der Waals surface area contributed by atoms with E-state index in [9.17, 15) is 19.5 Å². The van der Waals surface area contributed by atoms with E-state index in [1.165, 1.54) is 4.90 Å². The molecule has 0 aliphatic carbocycles. The highest BCUT2D eigenvalue weighted by atomic mass is 16.4. The zero-order valence-corrected chi connectivity index (χ0v) is 12.8. The number of aliphatic carboxylic acids is 1. The van der Waals surface area contributed by atoms with Crippen molar-refractivity contribution in [3.8, 4) is 0 Å². The number of piperidine rings is 1. The van der Waals surface area contributed by atoms with Crippen molar-refractivity contribution >= 4 is 17.9 Å². The van der Waals surface area contributed by atoms with Crippen molar-refractivity contribution in [3.05, 3.63) is 0 Å². The molecule has 1 fully saturated rings. The Balaban J connectivity index is 2.35. The Bertz CT molecular complexity index is 400. The lowest BCUT2D eigenvalue weighted by atomic mass is 9.82. The van der Waals surface area contributed by atoms with Gasteiger partial charge in [0.25, 0.3) is 0 Å². The summed E-state index contributed by atoms with van der Waals surface area (Å²) in [5.74, 6) is -0.967. The highest BCUT2D eigenvalue weighted by Crippen LogP contribution is 2.29. The third-order valence-corrected chi connectivity index (χ3v) is 3.70. The van der Waals surface area contributed by atoms with Crippen molar-refractivity contribution in [3.63, 3.8) is 0 Å². The van der Waals surface area contributed by atoms with Crippen molar-refractivity contribution in [2.45, 2.75) is 39.5 Å². The maximum Gasteiger partial charge on any atom is 0.317 e. The molecule has 21 heavy (non-hydrogen) atoms. The number of carbonyl (C=O) groups excluding carboxylic acids is 2. The van der Waals surface area contributed by atoms with Crippen LogP contribution in [-0.4, -0.2) is 54.1 Å². The normalized spacial score (nSPS) is 21.7. The summed E-state index contributed by atoms with van der Waals surface area (Å²) in [5, 5.41) is 14.6. The second-order valence-corrected chi connectivity index (χ2v) is 5.72. The first-order chi connectivity index (χ1) is 9.89. The molecule has 1 unspecified atom stereocenters. The SMILES string of the molecule is CCCNC(=O)CCNC(=O)N1CCCC(C)(C(=O)O)C1. The second-order valence-electron chi connectivity index (χ2n) is 5.72. The summed E-state index contributed by atoms with van der Waals surface area (Å²) in [5.41, 5.74) is -0.881. The molecule has 0 bridgehead atoms. The molecule has 3 N–H and O–H groups in total. The highest BCUT2D eigenvalue weighted by Gasteiger charge is 2.39. The first kappa shape index (κ1) is 17.3. The molecular formula is C14H25N3O4. The minimum absolute atomic E-state index is 0.0915. The smallest absolute Gasteiger partial charge is 0.317 e. The molecule has 0 radical (unpaired) electrons. The van der Waals surface area contributed by atoms with E-state index in [2.05, 4.69) is 10.6 Å². The number of likely N-dealkylation sites (tertiary alicyclic amines) is 1. The Morgan fingerprint density at radius 3 is 2.57 bits per heavy atom. The largest absolute Gasteiger partial charge is 0.481 e. The minimum atomic E-state index is -0.881.